The number of nitrogens with one attached hydrogen (secondary N) is 2. The van der Waals surface area contributed by atoms with E-state index in [1.54, 1.807) is 58.2 Å². The average molecular weight is 565 g/mol. The first-order chi connectivity index (χ1) is 17.5. The smallest absolute Gasteiger partial charge is 0.243 e. The fourth-order valence-corrected chi connectivity index (χ4v) is 6.34. The number of benzene rings is 3. The van der Waals surface area contributed by atoms with Gasteiger partial charge in [0.15, 0.2) is 0 Å². The first-order valence-electron chi connectivity index (χ1n) is 11.8. The molecule has 7 nitrogen and oxygen atoms in total. The van der Waals surface area contributed by atoms with Crippen molar-refractivity contribution in [1.29, 1.82) is 0 Å². The SMILES string of the molecule is COc1cccc(CCOc2cc(Cl)ccc2CCS(=O)Nc2ccccc2S(=O)(=O)NC(C)(C)C)c1. The molecule has 0 radical (unpaired) electrons. The van der Waals surface area contributed by atoms with Crippen molar-refractivity contribution in [3.05, 3.63) is 82.9 Å². The topological polar surface area (TPSA) is 93.7 Å². The number of rotatable bonds is 12. The van der Waals surface area contributed by atoms with Gasteiger partial charge in [-0.3, -0.25) is 0 Å². The predicted octanol–water partition coefficient (Wildman–Crippen LogP) is 5.37. The Labute approximate surface area is 227 Å². The summed E-state index contributed by atoms with van der Waals surface area (Å²) in [5.41, 5.74) is 1.58. The highest BCUT2D eigenvalue weighted by atomic mass is 35.5. The quantitative estimate of drug-likeness (QED) is 0.309. The van der Waals surface area contributed by atoms with E-state index in [2.05, 4.69) is 9.44 Å². The third-order valence-electron chi connectivity index (χ3n) is 5.21. The van der Waals surface area contributed by atoms with Gasteiger partial charge in [0.1, 0.15) is 27.4 Å². The Morgan fingerprint density at radius 3 is 2.46 bits per heavy atom. The minimum Gasteiger partial charge on any atom is -0.497 e. The van der Waals surface area contributed by atoms with Gasteiger partial charge in [0, 0.05) is 22.7 Å². The van der Waals surface area contributed by atoms with E-state index in [0.717, 1.165) is 16.9 Å². The molecule has 1 atom stereocenters. The zero-order valence-electron chi connectivity index (χ0n) is 21.4. The summed E-state index contributed by atoms with van der Waals surface area (Å²) >= 11 is 6.20. The van der Waals surface area contributed by atoms with E-state index >= 15 is 0 Å². The predicted molar refractivity (Wildman–Crippen MR) is 150 cm³/mol. The van der Waals surface area contributed by atoms with Crippen LogP contribution >= 0.6 is 11.6 Å². The minimum atomic E-state index is -3.80. The van der Waals surface area contributed by atoms with Crippen molar-refractivity contribution in [2.24, 2.45) is 0 Å². The van der Waals surface area contributed by atoms with Crippen molar-refractivity contribution in [2.45, 2.75) is 44.0 Å². The summed E-state index contributed by atoms with van der Waals surface area (Å²) < 4.78 is 55.4. The molecule has 0 aliphatic carbocycles. The minimum absolute atomic E-state index is 0.0475. The van der Waals surface area contributed by atoms with Crippen molar-refractivity contribution >= 4 is 38.3 Å². The van der Waals surface area contributed by atoms with Gasteiger partial charge in [-0.05, 0) is 74.7 Å². The number of sulfonamides is 1. The molecule has 0 aromatic heterocycles. The molecule has 10 heteroatoms. The van der Waals surface area contributed by atoms with Crippen LogP contribution in [0.2, 0.25) is 5.02 Å². The Hall–Kier alpha value is -2.59. The molecule has 1 unspecified atom stereocenters. The number of aryl methyl sites for hydroxylation is 1. The van der Waals surface area contributed by atoms with E-state index in [4.69, 9.17) is 21.1 Å². The van der Waals surface area contributed by atoms with Gasteiger partial charge < -0.3 is 14.2 Å². The molecule has 0 saturated carbocycles. The molecule has 0 spiro atoms. The molecule has 2 N–H and O–H groups in total. The molecule has 3 aromatic rings. The Balaban J connectivity index is 1.64. The Bertz CT molecular complexity index is 1340. The molecule has 3 rings (SSSR count). The highest BCUT2D eigenvalue weighted by Crippen LogP contribution is 2.26. The first-order valence-corrected chi connectivity index (χ1v) is 15.0. The summed E-state index contributed by atoms with van der Waals surface area (Å²) in [5, 5.41) is 0.546. The Morgan fingerprint density at radius 2 is 1.73 bits per heavy atom. The summed E-state index contributed by atoms with van der Waals surface area (Å²) in [6, 6.07) is 19.6. The van der Waals surface area contributed by atoms with Crippen molar-refractivity contribution < 1.29 is 22.1 Å². The van der Waals surface area contributed by atoms with Crippen molar-refractivity contribution in [2.75, 3.05) is 24.2 Å². The number of halogens is 1. The summed E-state index contributed by atoms with van der Waals surface area (Å²) in [6.07, 6.45) is 1.13. The van der Waals surface area contributed by atoms with E-state index in [1.807, 2.05) is 30.3 Å². The lowest BCUT2D eigenvalue weighted by Crippen LogP contribution is -2.40. The van der Waals surface area contributed by atoms with Gasteiger partial charge in [0.2, 0.25) is 10.0 Å². The van der Waals surface area contributed by atoms with Crippen LogP contribution in [0.25, 0.3) is 0 Å². The lowest BCUT2D eigenvalue weighted by molar-refractivity contribution is 0.318. The Morgan fingerprint density at radius 1 is 0.973 bits per heavy atom. The van der Waals surface area contributed by atoms with Crippen LogP contribution in [0.5, 0.6) is 11.5 Å². The second kappa shape index (κ2) is 12.8. The van der Waals surface area contributed by atoms with Gasteiger partial charge in [-0.25, -0.2) is 17.3 Å². The maximum Gasteiger partial charge on any atom is 0.243 e. The zero-order valence-corrected chi connectivity index (χ0v) is 23.8. The highest BCUT2D eigenvalue weighted by Gasteiger charge is 2.25. The molecule has 37 heavy (non-hydrogen) atoms. The fraction of sp³-hybridized carbons (Fsp3) is 0.333. The van der Waals surface area contributed by atoms with Crippen LogP contribution in [-0.2, 0) is 33.9 Å². The van der Waals surface area contributed by atoms with E-state index in [1.165, 1.54) is 6.07 Å². The number of anilines is 1. The van der Waals surface area contributed by atoms with E-state index < -0.39 is 26.5 Å². The van der Waals surface area contributed by atoms with Crippen molar-refractivity contribution in [1.82, 2.24) is 4.72 Å². The lowest BCUT2D eigenvalue weighted by atomic mass is 10.1. The van der Waals surface area contributed by atoms with E-state index in [9.17, 15) is 12.6 Å². The van der Waals surface area contributed by atoms with Gasteiger partial charge in [-0.15, -0.1) is 0 Å². The van der Waals surface area contributed by atoms with Crippen LogP contribution in [0, 0.1) is 0 Å². The largest absolute Gasteiger partial charge is 0.497 e. The second-order valence-electron chi connectivity index (χ2n) is 9.46. The van der Waals surface area contributed by atoms with Gasteiger partial charge in [-0.1, -0.05) is 41.9 Å². The summed E-state index contributed by atoms with van der Waals surface area (Å²) in [5.74, 6) is 1.67. The lowest BCUT2D eigenvalue weighted by Gasteiger charge is -2.21. The third-order valence-corrected chi connectivity index (χ3v) is 8.28. The number of methoxy groups -OCH3 is 1. The number of ether oxygens (including phenoxy) is 2. The maximum atomic E-state index is 12.9. The first kappa shape index (κ1) is 29.0. The van der Waals surface area contributed by atoms with Crippen LogP contribution in [0.4, 0.5) is 5.69 Å². The van der Waals surface area contributed by atoms with Gasteiger partial charge in [0.25, 0.3) is 0 Å². The summed E-state index contributed by atoms with van der Waals surface area (Å²) in [7, 11) is -3.71. The number of para-hydroxylation sites is 1. The molecule has 0 heterocycles. The fourth-order valence-electron chi connectivity index (χ4n) is 3.60. The van der Waals surface area contributed by atoms with Crippen LogP contribution < -0.4 is 18.9 Å². The number of hydrogen-bond donors (Lipinski definition) is 2. The Kier molecular flexibility index (Phi) is 10.0. The van der Waals surface area contributed by atoms with Gasteiger partial charge >= 0.3 is 0 Å². The zero-order chi connectivity index (χ0) is 27.1. The van der Waals surface area contributed by atoms with Crippen LogP contribution in [0.1, 0.15) is 31.9 Å². The van der Waals surface area contributed by atoms with Crippen LogP contribution in [0.3, 0.4) is 0 Å². The van der Waals surface area contributed by atoms with E-state index in [0.29, 0.717) is 30.2 Å². The maximum absolute atomic E-state index is 12.9. The molecular formula is C27H33ClN2O5S2. The van der Waals surface area contributed by atoms with Gasteiger partial charge in [0.05, 0.1) is 19.4 Å². The van der Waals surface area contributed by atoms with Crippen LogP contribution in [0.15, 0.2) is 71.6 Å². The van der Waals surface area contributed by atoms with Gasteiger partial charge in [-0.2, -0.15) is 0 Å². The molecule has 0 aliphatic rings. The highest BCUT2D eigenvalue weighted by molar-refractivity contribution is 7.90. The molecule has 0 saturated heterocycles. The van der Waals surface area contributed by atoms with Crippen molar-refractivity contribution in [3.8, 4) is 11.5 Å². The monoisotopic (exact) mass is 564 g/mol. The summed E-state index contributed by atoms with van der Waals surface area (Å²) in [4.78, 5) is 0.0475. The summed E-state index contributed by atoms with van der Waals surface area (Å²) in [6.45, 7) is 5.73. The van der Waals surface area contributed by atoms with E-state index in [-0.39, 0.29) is 16.3 Å². The molecule has 0 fully saturated rings. The molecule has 200 valence electrons. The van der Waals surface area contributed by atoms with Crippen molar-refractivity contribution in [3.63, 3.8) is 0 Å². The van der Waals surface area contributed by atoms with Crippen LogP contribution in [-0.4, -0.2) is 37.6 Å². The third kappa shape index (κ3) is 9.03. The number of hydrogen-bond acceptors (Lipinski definition) is 5. The normalized spacial score (nSPS) is 12.7. The molecular weight excluding hydrogens is 532 g/mol. The average Bonchev–Trinajstić information content (AvgIpc) is 2.82. The molecule has 3 aromatic carbocycles. The second-order valence-corrected chi connectivity index (χ2v) is 12.8. The standard InChI is InChI=1S/C27H33ClN2O5S2/c1-27(2,3)30-37(32,33)26-11-6-5-10-24(26)29-36(31)17-15-21-12-13-22(28)19-25(21)35-16-14-20-8-7-9-23(18-20)34-4/h5-13,18-19,29-30H,14-17H2,1-4H3. The molecule has 0 bridgehead atoms. The molecule has 0 amide bonds. The molecule has 0 aliphatic heterocycles.